The molecular weight excluding hydrogens is 182 g/mol. The van der Waals surface area contributed by atoms with Crippen molar-refractivity contribution in [3.05, 3.63) is 34.9 Å². The lowest BCUT2D eigenvalue weighted by Crippen LogP contribution is -1.91. The molecule has 0 aliphatic heterocycles. The van der Waals surface area contributed by atoms with Gasteiger partial charge in [-0.05, 0) is 42.7 Å². The van der Waals surface area contributed by atoms with Crippen LogP contribution < -0.4 is 5.73 Å². The fourth-order valence-electron chi connectivity index (χ4n) is 1.43. The van der Waals surface area contributed by atoms with Crippen LogP contribution in [0.25, 0.3) is 6.08 Å². The van der Waals surface area contributed by atoms with E-state index in [9.17, 15) is 0 Å². The summed E-state index contributed by atoms with van der Waals surface area (Å²) in [5.74, 6) is 0.545. The summed E-state index contributed by atoms with van der Waals surface area (Å²) in [5, 5.41) is 0. The Morgan fingerprint density at radius 2 is 1.85 bits per heavy atom. The number of hydrogen-bond acceptors (Lipinski definition) is 1. The molecule has 0 spiro atoms. The molecule has 0 aliphatic carbocycles. The van der Waals surface area contributed by atoms with E-state index in [1.54, 1.807) is 0 Å². The van der Waals surface area contributed by atoms with Gasteiger partial charge in [-0.25, -0.2) is 0 Å². The van der Waals surface area contributed by atoms with Crippen molar-refractivity contribution in [3.8, 4) is 0 Å². The molecule has 1 rings (SSSR count). The molecule has 2 heteroatoms. The van der Waals surface area contributed by atoms with Crippen molar-refractivity contribution >= 4 is 23.4 Å². The summed E-state index contributed by atoms with van der Waals surface area (Å²) < 4.78 is 0. The van der Waals surface area contributed by atoms with E-state index < -0.39 is 0 Å². The van der Waals surface area contributed by atoms with Gasteiger partial charge in [0.2, 0.25) is 0 Å². The van der Waals surface area contributed by atoms with Crippen molar-refractivity contribution in [1.29, 1.82) is 0 Å². The summed E-state index contributed by atoms with van der Waals surface area (Å²) in [4.78, 5) is 0. The van der Waals surface area contributed by atoms with Crippen LogP contribution in [0.4, 0.5) is 5.69 Å². The number of aryl methyl sites for hydroxylation is 2. The highest BCUT2D eigenvalue weighted by atomic mass is 35.5. The zero-order valence-corrected chi connectivity index (χ0v) is 8.73. The van der Waals surface area contributed by atoms with Crippen molar-refractivity contribution in [2.75, 3.05) is 11.6 Å². The third kappa shape index (κ3) is 2.49. The van der Waals surface area contributed by atoms with Crippen LogP contribution in [0.2, 0.25) is 0 Å². The molecule has 1 aromatic rings. The van der Waals surface area contributed by atoms with Crippen LogP contribution in [-0.2, 0) is 0 Å². The Morgan fingerprint density at radius 1 is 1.31 bits per heavy atom. The third-order valence-corrected chi connectivity index (χ3v) is 2.17. The maximum absolute atomic E-state index is 5.71. The van der Waals surface area contributed by atoms with Gasteiger partial charge in [-0.15, -0.1) is 11.6 Å². The van der Waals surface area contributed by atoms with Gasteiger partial charge in [0.15, 0.2) is 0 Å². The van der Waals surface area contributed by atoms with Crippen LogP contribution in [0.3, 0.4) is 0 Å². The zero-order chi connectivity index (χ0) is 9.84. The molecule has 0 fully saturated rings. The molecule has 0 unspecified atom stereocenters. The van der Waals surface area contributed by atoms with Gasteiger partial charge in [0.1, 0.15) is 0 Å². The number of rotatable bonds is 2. The van der Waals surface area contributed by atoms with Gasteiger partial charge in [-0.3, -0.25) is 0 Å². The van der Waals surface area contributed by atoms with E-state index in [0.717, 1.165) is 5.69 Å². The van der Waals surface area contributed by atoms with Crippen molar-refractivity contribution in [2.24, 2.45) is 0 Å². The number of hydrogen-bond donors (Lipinski definition) is 1. The molecule has 0 atom stereocenters. The summed E-state index contributed by atoms with van der Waals surface area (Å²) >= 11 is 5.58. The van der Waals surface area contributed by atoms with Crippen LogP contribution in [0.5, 0.6) is 0 Å². The first-order valence-corrected chi connectivity index (χ1v) is 4.78. The number of alkyl halides is 1. The number of nitrogens with two attached hydrogens (primary N) is 1. The van der Waals surface area contributed by atoms with Gasteiger partial charge in [0.25, 0.3) is 0 Å². The molecule has 0 radical (unpaired) electrons. The maximum atomic E-state index is 5.71. The number of nitrogen functional groups attached to an aromatic ring is 1. The summed E-state index contributed by atoms with van der Waals surface area (Å²) in [6.07, 6.45) is 3.98. The van der Waals surface area contributed by atoms with Gasteiger partial charge in [0, 0.05) is 11.6 Å². The maximum Gasteiger partial charge on any atom is 0.0407 e. The van der Waals surface area contributed by atoms with E-state index in [1.165, 1.54) is 16.7 Å². The first kappa shape index (κ1) is 10.1. The second-order valence-corrected chi connectivity index (χ2v) is 3.43. The Kier molecular flexibility index (Phi) is 3.38. The van der Waals surface area contributed by atoms with Crippen LogP contribution in [0.1, 0.15) is 16.7 Å². The van der Waals surface area contributed by atoms with Crippen molar-refractivity contribution < 1.29 is 0 Å². The van der Waals surface area contributed by atoms with Gasteiger partial charge >= 0.3 is 0 Å². The highest BCUT2D eigenvalue weighted by Gasteiger charge is 1.99. The average molecular weight is 196 g/mol. The van der Waals surface area contributed by atoms with Crippen LogP contribution in [-0.4, -0.2) is 5.88 Å². The minimum absolute atomic E-state index is 0.545. The van der Waals surface area contributed by atoms with Gasteiger partial charge in [-0.1, -0.05) is 12.2 Å². The molecule has 0 aromatic heterocycles. The topological polar surface area (TPSA) is 26.0 Å². The van der Waals surface area contributed by atoms with E-state index in [4.69, 9.17) is 17.3 Å². The third-order valence-electron chi connectivity index (χ3n) is 1.99. The van der Waals surface area contributed by atoms with Crippen molar-refractivity contribution in [1.82, 2.24) is 0 Å². The number of anilines is 1. The molecule has 0 saturated carbocycles. The molecule has 13 heavy (non-hydrogen) atoms. The van der Waals surface area contributed by atoms with E-state index >= 15 is 0 Å². The molecule has 0 heterocycles. The molecule has 0 bridgehead atoms. The quantitative estimate of drug-likeness (QED) is 0.570. The summed E-state index contributed by atoms with van der Waals surface area (Å²) in [5.41, 5.74) is 10.1. The highest BCUT2D eigenvalue weighted by molar-refractivity contribution is 6.19. The summed E-state index contributed by atoms with van der Waals surface area (Å²) in [6.45, 7) is 4.11. The normalized spacial score (nSPS) is 11.0. The van der Waals surface area contributed by atoms with E-state index in [-0.39, 0.29) is 0 Å². The fraction of sp³-hybridized carbons (Fsp3) is 0.273. The fourth-order valence-corrected chi connectivity index (χ4v) is 1.52. The Labute approximate surface area is 84.2 Å². The first-order chi connectivity index (χ1) is 6.15. The zero-order valence-electron chi connectivity index (χ0n) is 7.97. The lowest BCUT2D eigenvalue weighted by atomic mass is 10.0. The molecule has 70 valence electrons. The number of halogens is 1. The Balaban J connectivity index is 3.13. The monoisotopic (exact) mass is 195 g/mol. The standard InChI is InChI=1S/C11H14ClN/c1-8-6-10(13)7-9(2)11(8)4-3-5-12/h3-4,6-7H,5,13H2,1-2H3. The van der Waals surface area contributed by atoms with Gasteiger partial charge in [-0.2, -0.15) is 0 Å². The second kappa shape index (κ2) is 4.33. The van der Waals surface area contributed by atoms with Crippen molar-refractivity contribution in [2.45, 2.75) is 13.8 Å². The lowest BCUT2D eigenvalue weighted by molar-refractivity contribution is 1.36. The Morgan fingerprint density at radius 3 is 2.31 bits per heavy atom. The minimum Gasteiger partial charge on any atom is -0.399 e. The highest BCUT2D eigenvalue weighted by Crippen LogP contribution is 2.19. The SMILES string of the molecule is Cc1cc(N)cc(C)c1C=CCCl. The molecule has 0 saturated heterocycles. The Hall–Kier alpha value is -0.950. The number of allylic oxidation sites excluding steroid dienone is 1. The molecule has 2 N–H and O–H groups in total. The van der Waals surface area contributed by atoms with Crippen LogP contribution >= 0.6 is 11.6 Å². The molecule has 0 amide bonds. The molecular formula is C11H14ClN. The smallest absolute Gasteiger partial charge is 0.0407 e. The summed E-state index contributed by atoms with van der Waals surface area (Å²) in [6, 6.07) is 3.95. The summed E-state index contributed by atoms with van der Waals surface area (Å²) in [7, 11) is 0. The van der Waals surface area contributed by atoms with E-state index in [1.807, 2.05) is 24.3 Å². The molecule has 1 nitrogen and oxygen atoms in total. The predicted molar refractivity (Wildman–Crippen MR) is 60.1 cm³/mol. The Bertz CT molecular complexity index is 306. The lowest BCUT2D eigenvalue weighted by Gasteiger charge is -2.06. The largest absolute Gasteiger partial charge is 0.399 e. The number of benzene rings is 1. The molecule has 1 aromatic carbocycles. The average Bonchev–Trinajstić information content (AvgIpc) is 2.02. The van der Waals surface area contributed by atoms with Gasteiger partial charge in [0.05, 0.1) is 0 Å². The van der Waals surface area contributed by atoms with E-state index in [0.29, 0.717) is 5.88 Å². The van der Waals surface area contributed by atoms with Crippen LogP contribution in [0.15, 0.2) is 18.2 Å². The van der Waals surface area contributed by atoms with E-state index in [2.05, 4.69) is 13.8 Å². The van der Waals surface area contributed by atoms with Gasteiger partial charge < -0.3 is 5.73 Å². The first-order valence-electron chi connectivity index (χ1n) is 4.24. The molecule has 0 aliphatic rings. The second-order valence-electron chi connectivity index (χ2n) is 3.13. The minimum atomic E-state index is 0.545. The predicted octanol–water partition coefficient (Wildman–Crippen LogP) is 3.14. The van der Waals surface area contributed by atoms with Crippen LogP contribution in [0, 0.1) is 13.8 Å². The van der Waals surface area contributed by atoms with Crippen molar-refractivity contribution in [3.63, 3.8) is 0 Å².